The summed E-state index contributed by atoms with van der Waals surface area (Å²) in [4.78, 5) is 10.8. The first-order valence-corrected chi connectivity index (χ1v) is 7.24. The van der Waals surface area contributed by atoms with Crippen LogP contribution in [0.3, 0.4) is 0 Å². The van der Waals surface area contributed by atoms with Gasteiger partial charge >= 0.3 is 0 Å². The molecule has 1 amide bonds. The van der Waals surface area contributed by atoms with Crippen molar-refractivity contribution in [1.29, 1.82) is 0 Å². The third kappa shape index (κ3) is 4.53. The summed E-state index contributed by atoms with van der Waals surface area (Å²) in [5.41, 5.74) is 0.743. The Morgan fingerprint density at radius 3 is 2.53 bits per heavy atom. The molecule has 6 nitrogen and oxygen atoms in total. The number of hydrogen-bond acceptors (Lipinski definition) is 4. The number of carbonyl (C=O) groups is 1. The standard InChI is InChI=1S/C12H18N2O4S/c1-9-8-11(4-5-12(9)18-3)19(16,17)14-7-6-13-10(2)15/h4-5,8,14H,6-7H2,1-3H3,(H,13,15). The van der Waals surface area contributed by atoms with E-state index in [0.717, 1.165) is 5.56 Å². The molecule has 1 rings (SSSR count). The highest BCUT2D eigenvalue weighted by Crippen LogP contribution is 2.20. The van der Waals surface area contributed by atoms with Crippen molar-refractivity contribution in [2.45, 2.75) is 18.7 Å². The normalized spacial score (nSPS) is 11.1. The molecule has 0 radical (unpaired) electrons. The molecule has 106 valence electrons. The summed E-state index contributed by atoms with van der Waals surface area (Å²) in [6, 6.07) is 4.63. The van der Waals surface area contributed by atoms with Gasteiger partial charge in [0, 0.05) is 20.0 Å². The number of sulfonamides is 1. The first-order chi connectivity index (χ1) is 8.86. The molecule has 7 heteroatoms. The molecule has 0 spiro atoms. The van der Waals surface area contributed by atoms with E-state index in [9.17, 15) is 13.2 Å². The van der Waals surface area contributed by atoms with E-state index < -0.39 is 10.0 Å². The van der Waals surface area contributed by atoms with Crippen LogP contribution in [-0.2, 0) is 14.8 Å². The Hall–Kier alpha value is -1.60. The van der Waals surface area contributed by atoms with E-state index in [2.05, 4.69) is 10.0 Å². The first-order valence-electron chi connectivity index (χ1n) is 5.75. The van der Waals surface area contributed by atoms with Crippen LogP contribution in [0.1, 0.15) is 12.5 Å². The molecule has 0 bridgehead atoms. The van der Waals surface area contributed by atoms with Gasteiger partial charge in [0.25, 0.3) is 0 Å². The van der Waals surface area contributed by atoms with Gasteiger partial charge in [-0.3, -0.25) is 4.79 Å². The van der Waals surface area contributed by atoms with Crippen LogP contribution in [0.4, 0.5) is 0 Å². The van der Waals surface area contributed by atoms with Crippen molar-refractivity contribution in [3.63, 3.8) is 0 Å². The smallest absolute Gasteiger partial charge is 0.240 e. The predicted octanol–water partition coefficient (Wildman–Crippen LogP) is 0.418. The predicted molar refractivity (Wildman–Crippen MR) is 71.6 cm³/mol. The molecular weight excluding hydrogens is 268 g/mol. The Bertz CT molecular complexity index is 555. The molecule has 1 aromatic rings. The Morgan fingerprint density at radius 2 is 2.00 bits per heavy atom. The van der Waals surface area contributed by atoms with Gasteiger partial charge in [-0.2, -0.15) is 0 Å². The molecule has 0 saturated heterocycles. The van der Waals surface area contributed by atoms with E-state index in [1.165, 1.54) is 20.1 Å². The van der Waals surface area contributed by atoms with Crippen LogP contribution in [0.25, 0.3) is 0 Å². The average Bonchev–Trinajstić information content (AvgIpc) is 2.34. The van der Waals surface area contributed by atoms with Crippen LogP contribution >= 0.6 is 0 Å². The summed E-state index contributed by atoms with van der Waals surface area (Å²) in [7, 11) is -2.03. The van der Waals surface area contributed by atoms with E-state index in [1.54, 1.807) is 19.1 Å². The van der Waals surface area contributed by atoms with Crippen molar-refractivity contribution >= 4 is 15.9 Å². The third-order valence-corrected chi connectivity index (χ3v) is 3.93. The van der Waals surface area contributed by atoms with E-state index >= 15 is 0 Å². The Labute approximate surface area is 113 Å². The van der Waals surface area contributed by atoms with Crippen LogP contribution in [0.2, 0.25) is 0 Å². The number of methoxy groups -OCH3 is 1. The Balaban J connectivity index is 2.72. The molecule has 0 aromatic heterocycles. The Morgan fingerprint density at radius 1 is 1.32 bits per heavy atom. The Kier molecular flexibility index (Phi) is 5.31. The van der Waals surface area contributed by atoms with E-state index in [1.807, 2.05) is 0 Å². The minimum absolute atomic E-state index is 0.146. The summed E-state index contributed by atoms with van der Waals surface area (Å²) < 4.78 is 31.4. The van der Waals surface area contributed by atoms with Crippen molar-refractivity contribution in [1.82, 2.24) is 10.0 Å². The fourth-order valence-electron chi connectivity index (χ4n) is 1.53. The molecule has 0 atom stereocenters. The molecule has 0 unspecified atom stereocenters. The number of ether oxygens (including phenoxy) is 1. The number of hydrogen-bond donors (Lipinski definition) is 2. The van der Waals surface area contributed by atoms with Gasteiger partial charge < -0.3 is 10.1 Å². The molecule has 1 aromatic carbocycles. The average molecular weight is 286 g/mol. The van der Waals surface area contributed by atoms with Crippen LogP contribution in [0.5, 0.6) is 5.75 Å². The third-order valence-electron chi connectivity index (χ3n) is 2.47. The largest absolute Gasteiger partial charge is 0.496 e. The zero-order valence-electron chi connectivity index (χ0n) is 11.2. The molecule has 0 fully saturated rings. The van der Waals surface area contributed by atoms with Crippen molar-refractivity contribution in [2.24, 2.45) is 0 Å². The summed E-state index contributed by atoms with van der Waals surface area (Å²) in [6.07, 6.45) is 0. The van der Waals surface area contributed by atoms with Gasteiger partial charge in [-0.05, 0) is 30.7 Å². The maximum atomic E-state index is 12.0. The lowest BCUT2D eigenvalue weighted by molar-refractivity contribution is -0.118. The molecule has 2 N–H and O–H groups in total. The van der Waals surface area contributed by atoms with Gasteiger partial charge in [-0.1, -0.05) is 0 Å². The number of carbonyl (C=O) groups excluding carboxylic acids is 1. The molecule has 0 aliphatic heterocycles. The topological polar surface area (TPSA) is 84.5 Å². The SMILES string of the molecule is COc1ccc(S(=O)(=O)NCCNC(C)=O)cc1C. The molecule has 0 aliphatic rings. The number of nitrogens with one attached hydrogen (secondary N) is 2. The highest BCUT2D eigenvalue weighted by Gasteiger charge is 2.14. The monoisotopic (exact) mass is 286 g/mol. The number of aryl methyl sites for hydroxylation is 1. The molecule has 19 heavy (non-hydrogen) atoms. The summed E-state index contributed by atoms with van der Waals surface area (Å²) >= 11 is 0. The van der Waals surface area contributed by atoms with Gasteiger partial charge in [0.15, 0.2) is 0 Å². The second-order valence-electron chi connectivity index (χ2n) is 4.01. The summed E-state index contributed by atoms with van der Waals surface area (Å²) in [5.74, 6) is 0.441. The minimum Gasteiger partial charge on any atom is -0.496 e. The zero-order chi connectivity index (χ0) is 14.5. The van der Waals surface area contributed by atoms with Gasteiger partial charge in [-0.25, -0.2) is 13.1 Å². The van der Waals surface area contributed by atoms with Crippen molar-refractivity contribution < 1.29 is 17.9 Å². The fraction of sp³-hybridized carbons (Fsp3) is 0.417. The van der Waals surface area contributed by atoms with Crippen LogP contribution in [0.15, 0.2) is 23.1 Å². The van der Waals surface area contributed by atoms with Crippen LogP contribution in [-0.4, -0.2) is 34.5 Å². The maximum Gasteiger partial charge on any atom is 0.240 e. The molecule has 0 aliphatic carbocycles. The molecular formula is C12H18N2O4S. The molecule has 0 heterocycles. The maximum absolute atomic E-state index is 12.0. The lowest BCUT2D eigenvalue weighted by Gasteiger charge is -2.09. The van der Waals surface area contributed by atoms with Gasteiger partial charge in [0.05, 0.1) is 12.0 Å². The fourth-order valence-corrected chi connectivity index (χ4v) is 2.64. The number of benzene rings is 1. The van der Waals surface area contributed by atoms with Crippen LogP contribution in [0, 0.1) is 6.92 Å². The van der Waals surface area contributed by atoms with Gasteiger partial charge in [0.2, 0.25) is 15.9 Å². The highest BCUT2D eigenvalue weighted by molar-refractivity contribution is 7.89. The minimum atomic E-state index is -3.56. The highest BCUT2D eigenvalue weighted by atomic mass is 32.2. The second kappa shape index (κ2) is 6.53. The van der Waals surface area contributed by atoms with Crippen molar-refractivity contribution in [3.8, 4) is 5.75 Å². The van der Waals surface area contributed by atoms with Gasteiger partial charge in [0.1, 0.15) is 5.75 Å². The lowest BCUT2D eigenvalue weighted by Crippen LogP contribution is -2.33. The van der Waals surface area contributed by atoms with Crippen LogP contribution < -0.4 is 14.8 Å². The quantitative estimate of drug-likeness (QED) is 0.742. The van der Waals surface area contributed by atoms with Gasteiger partial charge in [-0.15, -0.1) is 0 Å². The number of rotatable bonds is 6. The second-order valence-corrected chi connectivity index (χ2v) is 5.78. The van der Waals surface area contributed by atoms with E-state index in [0.29, 0.717) is 5.75 Å². The van der Waals surface area contributed by atoms with E-state index in [-0.39, 0.29) is 23.9 Å². The summed E-state index contributed by atoms with van der Waals surface area (Å²) in [6.45, 7) is 3.55. The summed E-state index contributed by atoms with van der Waals surface area (Å²) in [5, 5.41) is 2.51. The van der Waals surface area contributed by atoms with Crippen molar-refractivity contribution in [3.05, 3.63) is 23.8 Å². The van der Waals surface area contributed by atoms with E-state index in [4.69, 9.17) is 4.74 Å². The lowest BCUT2D eigenvalue weighted by atomic mass is 10.2. The zero-order valence-corrected chi connectivity index (χ0v) is 12.0. The molecule has 0 saturated carbocycles. The first kappa shape index (κ1) is 15.5. The number of amides is 1. The van der Waals surface area contributed by atoms with Crippen molar-refractivity contribution in [2.75, 3.05) is 20.2 Å².